The molecule has 1 amide bonds. The van der Waals surface area contributed by atoms with Gasteiger partial charge >= 0.3 is 0 Å². The Labute approximate surface area is 125 Å². The molecule has 1 aromatic heterocycles. The summed E-state index contributed by atoms with van der Waals surface area (Å²) in [6, 6.07) is 4.14. The van der Waals surface area contributed by atoms with E-state index < -0.39 is 0 Å². The Bertz CT molecular complexity index is 356. The molecule has 0 fully saturated rings. The third kappa shape index (κ3) is 6.92. The Kier molecular flexibility index (Phi) is 9.01. The number of thiophene rings is 1. The van der Waals surface area contributed by atoms with Crippen molar-refractivity contribution >= 4 is 29.7 Å². The van der Waals surface area contributed by atoms with Gasteiger partial charge in [0.15, 0.2) is 0 Å². The third-order valence-corrected chi connectivity index (χ3v) is 3.92. The van der Waals surface area contributed by atoms with E-state index in [4.69, 9.17) is 4.74 Å². The average molecular weight is 307 g/mol. The minimum Gasteiger partial charge on any atom is -0.383 e. The Balaban J connectivity index is 0.00000324. The molecule has 1 aromatic rings. The Hall–Kier alpha value is -0.620. The summed E-state index contributed by atoms with van der Waals surface area (Å²) < 4.78 is 4.89. The zero-order valence-corrected chi connectivity index (χ0v) is 13.3. The largest absolute Gasteiger partial charge is 0.383 e. The van der Waals surface area contributed by atoms with Crippen LogP contribution in [0.15, 0.2) is 17.5 Å². The van der Waals surface area contributed by atoms with Gasteiger partial charge in [-0.3, -0.25) is 4.79 Å². The lowest BCUT2D eigenvalue weighted by atomic mass is 9.91. The van der Waals surface area contributed by atoms with Crippen LogP contribution < -0.4 is 10.6 Å². The summed E-state index contributed by atoms with van der Waals surface area (Å²) in [5.74, 6) is 0.0238. The molecule has 0 radical (unpaired) electrons. The van der Waals surface area contributed by atoms with Crippen molar-refractivity contribution < 1.29 is 9.53 Å². The number of hydrogen-bond acceptors (Lipinski definition) is 4. The van der Waals surface area contributed by atoms with Gasteiger partial charge in [0.2, 0.25) is 5.91 Å². The molecule has 0 aliphatic heterocycles. The smallest absolute Gasteiger partial charge is 0.233 e. The van der Waals surface area contributed by atoms with Crippen molar-refractivity contribution in [1.29, 1.82) is 0 Å². The minimum atomic E-state index is -0.0175. The van der Waals surface area contributed by atoms with E-state index in [-0.39, 0.29) is 23.7 Å². The average Bonchev–Trinajstić information content (AvgIpc) is 2.87. The molecule has 110 valence electrons. The van der Waals surface area contributed by atoms with Crippen LogP contribution in [0.5, 0.6) is 0 Å². The number of amides is 1. The molecule has 0 aliphatic carbocycles. The van der Waals surface area contributed by atoms with Crippen LogP contribution in [0, 0.1) is 0 Å². The predicted octanol–water partition coefficient (Wildman–Crippen LogP) is 1.80. The van der Waals surface area contributed by atoms with Crippen LogP contribution in [0.1, 0.15) is 18.7 Å². The normalized spacial score (nSPS) is 10.9. The van der Waals surface area contributed by atoms with Crippen LogP contribution in [-0.4, -0.2) is 39.3 Å². The second-order valence-electron chi connectivity index (χ2n) is 4.81. The highest BCUT2D eigenvalue weighted by Gasteiger charge is 2.22. The fourth-order valence-electron chi connectivity index (χ4n) is 1.51. The first-order valence-electron chi connectivity index (χ1n) is 6.06. The summed E-state index contributed by atoms with van der Waals surface area (Å²) in [6.45, 7) is 6.57. The second-order valence-corrected chi connectivity index (χ2v) is 5.76. The van der Waals surface area contributed by atoms with Gasteiger partial charge < -0.3 is 15.4 Å². The molecule has 0 saturated carbocycles. The number of nitrogens with one attached hydrogen (secondary N) is 2. The monoisotopic (exact) mass is 306 g/mol. The Morgan fingerprint density at radius 1 is 1.47 bits per heavy atom. The standard InChI is InChI=1S/C13H22N2O2S.ClH/c1-13(2,11-5-4-8-18-11)10-15-12(16)9-14-6-7-17-3;/h4-5,8,14H,6-7,9-10H2,1-3H3,(H,15,16);1H. The van der Waals surface area contributed by atoms with Crippen molar-refractivity contribution in [3.8, 4) is 0 Å². The summed E-state index contributed by atoms with van der Waals surface area (Å²) in [4.78, 5) is 12.9. The van der Waals surface area contributed by atoms with Crippen LogP contribution in [0.25, 0.3) is 0 Å². The lowest BCUT2D eigenvalue weighted by Crippen LogP contribution is -2.41. The zero-order chi connectivity index (χ0) is 13.4. The van der Waals surface area contributed by atoms with E-state index >= 15 is 0 Å². The van der Waals surface area contributed by atoms with Crippen molar-refractivity contribution in [2.24, 2.45) is 0 Å². The zero-order valence-electron chi connectivity index (χ0n) is 11.7. The number of hydrogen-bond donors (Lipinski definition) is 2. The van der Waals surface area contributed by atoms with E-state index in [2.05, 4.69) is 35.9 Å². The Morgan fingerprint density at radius 2 is 2.21 bits per heavy atom. The summed E-state index contributed by atoms with van der Waals surface area (Å²) in [6.07, 6.45) is 0. The van der Waals surface area contributed by atoms with Crippen molar-refractivity contribution in [2.75, 3.05) is 33.4 Å². The van der Waals surface area contributed by atoms with Crippen molar-refractivity contribution in [3.63, 3.8) is 0 Å². The quantitative estimate of drug-likeness (QED) is 0.720. The van der Waals surface area contributed by atoms with Crippen molar-refractivity contribution in [1.82, 2.24) is 10.6 Å². The van der Waals surface area contributed by atoms with Gasteiger partial charge in [0.05, 0.1) is 13.2 Å². The molecule has 0 unspecified atom stereocenters. The first-order valence-corrected chi connectivity index (χ1v) is 6.94. The predicted molar refractivity (Wildman–Crippen MR) is 82.3 cm³/mol. The van der Waals surface area contributed by atoms with Gasteiger partial charge in [0.25, 0.3) is 0 Å². The molecule has 1 rings (SSSR count). The highest BCUT2D eigenvalue weighted by Crippen LogP contribution is 2.26. The van der Waals surface area contributed by atoms with E-state index in [1.54, 1.807) is 18.4 Å². The lowest BCUT2D eigenvalue weighted by Gasteiger charge is -2.23. The summed E-state index contributed by atoms with van der Waals surface area (Å²) in [5, 5.41) is 8.04. The van der Waals surface area contributed by atoms with Crippen LogP contribution in [-0.2, 0) is 14.9 Å². The molecule has 0 bridgehead atoms. The van der Waals surface area contributed by atoms with Gasteiger partial charge in [0, 0.05) is 30.5 Å². The van der Waals surface area contributed by atoms with E-state index in [0.717, 1.165) is 0 Å². The van der Waals surface area contributed by atoms with Gasteiger partial charge in [-0.1, -0.05) is 19.9 Å². The maximum absolute atomic E-state index is 11.6. The number of halogens is 1. The van der Waals surface area contributed by atoms with E-state index in [9.17, 15) is 4.79 Å². The molecule has 19 heavy (non-hydrogen) atoms. The molecule has 0 atom stereocenters. The molecular weight excluding hydrogens is 284 g/mol. The van der Waals surface area contributed by atoms with Crippen LogP contribution in [0.3, 0.4) is 0 Å². The van der Waals surface area contributed by atoms with Gasteiger partial charge in [0.1, 0.15) is 0 Å². The molecule has 0 saturated heterocycles. The van der Waals surface area contributed by atoms with E-state index in [1.807, 2.05) is 6.07 Å². The second kappa shape index (κ2) is 9.31. The summed E-state index contributed by atoms with van der Waals surface area (Å²) >= 11 is 1.72. The summed E-state index contributed by atoms with van der Waals surface area (Å²) in [5.41, 5.74) is -0.0175. The maximum atomic E-state index is 11.6. The van der Waals surface area contributed by atoms with Crippen LogP contribution >= 0.6 is 23.7 Å². The molecule has 0 spiro atoms. The fourth-order valence-corrected chi connectivity index (χ4v) is 2.36. The Morgan fingerprint density at radius 3 is 2.79 bits per heavy atom. The SMILES string of the molecule is COCCNCC(=O)NCC(C)(C)c1cccs1.Cl. The molecule has 4 nitrogen and oxygen atoms in total. The van der Waals surface area contributed by atoms with Gasteiger partial charge in [-0.05, 0) is 11.4 Å². The van der Waals surface area contributed by atoms with Gasteiger partial charge in [-0.15, -0.1) is 23.7 Å². The molecule has 0 aromatic carbocycles. The molecule has 6 heteroatoms. The number of rotatable bonds is 8. The molecule has 2 N–H and O–H groups in total. The van der Waals surface area contributed by atoms with Crippen molar-refractivity contribution in [3.05, 3.63) is 22.4 Å². The van der Waals surface area contributed by atoms with Gasteiger partial charge in [-0.25, -0.2) is 0 Å². The number of ether oxygens (including phenoxy) is 1. The lowest BCUT2D eigenvalue weighted by molar-refractivity contribution is -0.120. The fraction of sp³-hybridized carbons (Fsp3) is 0.615. The minimum absolute atomic E-state index is 0. The number of carbonyl (C=O) groups is 1. The van der Waals surface area contributed by atoms with Gasteiger partial charge in [-0.2, -0.15) is 0 Å². The molecule has 1 heterocycles. The van der Waals surface area contributed by atoms with Crippen LogP contribution in [0.4, 0.5) is 0 Å². The molecule has 0 aliphatic rings. The van der Waals surface area contributed by atoms with E-state index in [0.29, 0.717) is 26.2 Å². The highest BCUT2D eigenvalue weighted by atomic mass is 35.5. The summed E-state index contributed by atoms with van der Waals surface area (Å²) in [7, 11) is 1.64. The van der Waals surface area contributed by atoms with Crippen molar-refractivity contribution in [2.45, 2.75) is 19.3 Å². The van der Waals surface area contributed by atoms with E-state index in [1.165, 1.54) is 4.88 Å². The molecular formula is C13H23ClN2O2S. The van der Waals surface area contributed by atoms with Crippen LogP contribution in [0.2, 0.25) is 0 Å². The maximum Gasteiger partial charge on any atom is 0.233 e. The highest BCUT2D eigenvalue weighted by molar-refractivity contribution is 7.10. The number of carbonyl (C=O) groups excluding carboxylic acids is 1. The topological polar surface area (TPSA) is 50.4 Å². The third-order valence-electron chi connectivity index (χ3n) is 2.68. The first kappa shape index (κ1) is 18.4. The first-order chi connectivity index (χ1) is 8.56. The number of methoxy groups -OCH3 is 1.